The molecule has 0 amide bonds. The Labute approximate surface area is 101 Å². The van der Waals surface area contributed by atoms with Crippen LogP contribution in [0.15, 0.2) is 6.07 Å². The first-order valence-electron chi connectivity index (χ1n) is 5.25. The van der Waals surface area contributed by atoms with E-state index in [9.17, 15) is 0 Å². The average molecular weight is 244 g/mol. The van der Waals surface area contributed by atoms with Crippen LogP contribution in [0.4, 0.5) is 0 Å². The lowest BCUT2D eigenvalue weighted by Crippen LogP contribution is -2.03. The molecule has 90 valence electrons. The SMILES string of the molecule is COc1c(Cl)cc(CCCN)c(C)c1OC. The Balaban J connectivity index is 3.17. The van der Waals surface area contributed by atoms with Gasteiger partial charge >= 0.3 is 0 Å². The molecule has 0 atom stereocenters. The van der Waals surface area contributed by atoms with Crippen molar-refractivity contribution in [1.29, 1.82) is 0 Å². The fourth-order valence-electron chi connectivity index (χ4n) is 1.74. The van der Waals surface area contributed by atoms with E-state index in [2.05, 4.69) is 0 Å². The number of halogens is 1. The van der Waals surface area contributed by atoms with Crippen molar-refractivity contribution in [1.82, 2.24) is 0 Å². The Hall–Kier alpha value is -0.930. The van der Waals surface area contributed by atoms with Crippen LogP contribution in [0.2, 0.25) is 5.02 Å². The van der Waals surface area contributed by atoms with Crippen molar-refractivity contribution < 1.29 is 9.47 Å². The summed E-state index contributed by atoms with van der Waals surface area (Å²) < 4.78 is 10.6. The van der Waals surface area contributed by atoms with Gasteiger partial charge in [0.25, 0.3) is 0 Å². The quantitative estimate of drug-likeness (QED) is 0.865. The maximum atomic E-state index is 6.13. The Morgan fingerprint density at radius 2 is 1.88 bits per heavy atom. The summed E-state index contributed by atoms with van der Waals surface area (Å²) in [6.07, 6.45) is 1.84. The van der Waals surface area contributed by atoms with Crippen molar-refractivity contribution in [3.8, 4) is 11.5 Å². The molecule has 0 bridgehead atoms. The molecule has 3 nitrogen and oxygen atoms in total. The molecule has 0 fully saturated rings. The van der Waals surface area contributed by atoms with Crippen LogP contribution >= 0.6 is 11.6 Å². The molecule has 0 aliphatic heterocycles. The number of benzene rings is 1. The van der Waals surface area contributed by atoms with Crippen LogP contribution in [0, 0.1) is 6.92 Å². The predicted molar refractivity (Wildman–Crippen MR) is 66.7 cm³/mol. The van der Waals surface area contributed by atoms with Crippen LogP contribution < -0.4 is 15.2 Å². The number of hydrogen-bond donors (Lipinski definition) is 1. The number of ether oxygens (including phenoxy) is 2. The topological polar surface area (TPSA) is 44.5 Å². The van der Waals surface area contributed by atoms with Gasteiger partial charge in [-0.15, -0.1) is 0 Å². The number of aryl methyl sites for hydroxylation is 1. The van der Waals surface area contributed by atoms with E-state index in [0.29, 0.717) is 23.1 Å². The zero-order valence-electron chi connectivity index (χ0n) is 9.97. The highest BCUT2D eigenvalue weighted by molar-refractivity contribution is 6.32. The van der Waals surface area contributed by atoms with Gasteiger partial charge in [0.15, 0.2) is 11.5 Å². The van der Waals surface area contributed by atoms with E-state index in [1.807, 2.05) is 13.0 Å². The van der Waals surface area contributed by atoms with Crippen molar-refractivity contribution in [3.05, 3.63) is 22.2 Å². The Bertz CT molecular complexity index is 367. The van der Waals surface area contributed by atoms with Gasteiger partial charge in [-0.05, 0) is 43.5 Å². The fourth-order valence-corrected chi connectivity index (χ4v) is 2.03. The zero-order chi connectivity index (χ0) is 12.1. The third-order valence-electron chi connectivity index (χ3n) is 2.60. The molecule has 4 heteroatoms. The molecule has 0 aliphatic rings. The van der Waals surface area contributed by atoms with Gasteiger partial charge in [0, 0.05) is 0 Å². The van der Waals surface area contributed by atoms with Crippen molar-refractivity contribution >= 4 is 11.6 Å². The molecule has 2 N–H and O–H groups in total. The Kier molecular flexibility index (Phi) is 4.90. The van der Waals surface area contributed by atoms with Crippen molar-refractivity contribution in [3.63, 3.8) is 0 Å². The molecule has 1 rings (SSSR count). The Morgan fingerprint density at radius 3 is 2.38 bits per heavy atom. The lowest BCUT2D eigenvalue weighted by Gasteiger charge is -2.15. The lowest BCUT2D eigenvalue weighted by atomic mass is 10.0. The minimum atomic E-state index is 0.581. The molecule has 0 radical (unpaired) electrons. The van der Waals surface area contributed by atoms with Crippen molar-refractivity contribution in [2.24, 2.45) is 5.73 Å². The van der Waals surface area contributed by atoms with E-state index >= 15 is 0 Å². The average Bonchev–Trinajstić information content (AvgIpc) is 2.29. The molecular weight excluding hydrogens is 226 g/mol. The molecule has 0 spiro atoms. The van der Waals surface area contributed by atoms with Crippen LogP contribution in [0.5, 0.6) is 11.5 Å². The second-order valence-corrected chi connectivity index (χ2v) is 4.01. The van der Waals surface area contributed by atoms with Gasteiger partial charge in [0.05, 0.1) is 19.2 Å². The summed E-state index contributed by atoms with van der Waals surface area (Å²) in [5.41, 5.74) is 7.73. The standard InChI is InChI=1S/C12H18ClNO2/c1-8-9(5-4-6-14)7-10(13)12(16-3)11(8)15-2/h7H,4-6,14H2,1-3H3. The molecule has 0 unspecified atom stereocenters. The molecule has 0 saturated heterocycles. The fraction of sp³-hybridized carbons (Fsp3) is 0.500. The zero-order valence-corrected chi connectivity index (χ0v) is 10.7. The third-order valence-corrected chi connectivity index (χ3v) is 2.89. The molecule has 0 heterocycles. The van der Waals surface area contributed by atoms with Gasteiger partial charge in [-0.3, -0.25) is 0 Å². The monoisotopic (exact) mass is 243 g/mol. The highest BCUT2D eigenvalue weighted by Gasteiger charge is 2.15. The van der Waals surface area contributed by atoms with E-state index in [1.54, 1.807) is 14.2 Å². The first-order chi connectivity index (χ1) is 7.65. The van der Waals surface area contributed by atoms with E-state index in [4.69, 9.17) is 26.8 Å². The predicted octanol–water partition coefficient (Wildman–Crippen LogP) is 2.56. The normalized spacial score (nSPS) is 10.3. The number of nitrogens with two attached hydrogens (primary N) is 1. The van der Waals surface area contributed by atoms with Gasteiger partial charge in [0.2, 0.25) is 0 Å². The smallest absolute Gasteiger partial charge is 0.179 e. The maximum absolute atomic E-state index is 6.13. The second kappa shape index (κ2) is 5.97. The highest BCUT2D eigenvalue weighted by Crippen LogP contribution is 2.39. The van der Waals surface area contributed by atoms with Crippen molar-refractivity contribution in [2.75, 3.05) is 20.8 Å². The lowest BCUT2D eigenvalue weighted by molar-refractivity contribution is 0.352. The molecule has 0 saturated carbocycles. The highest BCUT2D eigenvalue weighted by atomic mass is 35.5. The Morgan fingerprint density at radius 1 is 1.25 bits per heavy atom. The van der Waals surface area contributed by atoms with E-state index in [-0.39, 0.29) is 0 Å². The molecule has 0 aliphatic carbocycles. The van der Waals surface area contributed by atoms with Crippen LogP contribution in [0.3, 0.4) is 0 Å². The summed E-state index contributed by atoms with van der Waals surface area (Å²) in [4.78, 5) is 0. The number of methoxy groups -OCH3 is 2. The van der Waals surface area contributed by atoms with E-state index in [0.717, 1.165) is 24.0 Å². The molecular formula is C12H18ClNO2. The van der Waals surface area contributed by atoms with Gasteiger partial charge in [0.1, 0.15) is 0 Å². The summed E-state index contributed by atoms with van der Waals surface area (Å²) in [6, 6.07) is 1.92. The largest absolute Gasteiger partial charge is 0.493 e. The van der Waals surface area contributed by atoms with Gasteiger partial charge in [-0.2, -0.15) is 0 Å². The summed E-state index contributed by atoms with van der Waals surface area (Å²) in [5, 5.41) is 0.581. The summed E-state index contributed by atoms with van der Waals surface area (Å²) >= 11 is 6.13. The minimum Gasteiger partial charge on any atom is -0.493 e. The molecule has 1 aromatic carbocycles. The first-order valence-corrected chi connectivity index (χ1v) is 5.63. The van der Waals surface area contributed by atoms with E-state index < -0.39 is 0 Å². The van der Waals surface area contributed by atoms with E-state index in [1.165, 1.54) is 0 Å². The minimum absolute atomic E-state index is 0.581. The van der Waals surface area contributed by atoms with Gasteiger partial charge in [-0.1, -0.05) is 11.6 Å². The van der Waals surface area contributed by atoms with Crippen LogP contribution in [0.25, 0.3) is 0 Å². The van der Waals surface area contributed by atoms with Crippen LogP contribution in [-0.4, -0.2) is 20.8 Å². The molecule has 0 aromatic heterocycles. The molecule has 16 heavy (non-hydrogen) atoms. The summed E-state index contributed by atoms with van der Waals surface area (Å²) in [7, 11) is 3.20. The van der Waals surface area contributed by atoms with Gasteiger partial charge < -0.3 is 15.2 Å². The first kappa shape index (κ1) is 13.1. The van der Waals surface area contributed by atoms with Crippen molar-refractivity contribution in [2.45, 2.75) is 19.8 Å². The molecule has 1 aromatic rings. The number of rotatable bonds is 5. The second-order valence-electron chi connectivity index (χ2n) is 3.60. The third kappa shape index (κ3) is 2.60. The van der Waals surface area contributed by atoms with Crippen LogP contribution in [0.1, 0.15) is 17.5 Å². The summed E-state index contributed by atoms with van der Waals surface area (Å²) in [5.74, 6) is 1.31. The number of hydrogen-bond acceptors (Lipinski definition) is 3. The van der Waals surface area contributed by atoms with Crippen LogP contribution in [-0.2, 0) is 6.42 Å². The maximum Gasteiger partial charge on any atom is 0.179 e. The van der Waals surface area contributed by atoms with Gasteiger partial charge in [-0.25, -0.2) is 0 Å². The summed E-state index contributed by atoms with van der Waals surface area (Å²) in [6.45, 7) is 2.68.